The van der Waals surface area contributed by atoms with Crippen molar-refractivity contribution in [2.75, 3.05) is 4.72 Å². The van der Waals surface area contributed by atoms with Gasteiger partial charge in [-0.2, -0.15) is 0 Å². The zero-order chi connectivity index (χ0) is 14.9. The zero-order valence-corrected chi connectivity index (χ0v) is 14.3. The van der Waals surface area contributed by atoms with Gasteiger partial charge in [0.15, 0.2) is 0 Å². The first-order valence-corrected chi connectivity index (χ1v) is 8.60. The first-order chi connectivity index (χ1) is 9.29. The van der Waals surface area contributed by atoms with Crippen LogP contribution in [0.3, 0.4) is 0 Å². The summed E-state index contributed by atoms with van der Waals surface area (Å²) in [4.78, 5) is 0.115. The van der Waals surface area contributed by atoms with Gasteiger partial charge in [0.25, 0.3) is 10.0 Å². The fourth-order valence-corrected chi connectivity index (χ4v) is 4.51. The Bertz CT molecular complexity index is 763. The minimum atomic E-state index is -3.74. The van der Waals surface area contributed by atoms with Crippen LogP contribution in [0.5, 0.6) is 0 Å². The van der Waals surface area contributed by atoms with Gasteiger partial charge >= 0.3 is 0 Å². The molecular weight excluding hydrogens is 413 g/mol. The van der Waals surface area contributed by atoms with Crippen molar-refractivity contribution in [1.29, 1.82) is 0 Å². The van der Waals surface area contributed by atoms with Gasteiger partial charge in [-0.3, -0.25) is 4.72 Å². The van der Waals surface area contributed by atoms with Crippen molar-refractivity contribution in [3.63, 3.8) is 0 Å². The lowest BCUT2D eigenvalue weighted by Crippen LogP contribution is -2.14. The van der Waals surface area contributed by atoms with Crippen LogP contribution >= 0.6 is 31.9 Å². The molecule has 0 atom stereocenters. The molecule has 1 N–H and O–H groups in total. The molecule has 2 aromatic carbocycles. The first kappa shape index (κ1) is 15.5. The minimum absolute atomic E-state index is 0.115. The van der Waals surface area contributed by atoms with E-state index in [1.807, 2.05) is 0 Å². The minimum Gasteiger partial charge on any atom is -0.279 e. The van der Waals surface area contributed by atoms with E-state index >= 15 is 0 Å². The average Bonchev–Trinajstić information content (AvgIpc) is 2.32. The Morgan fingerprint density at radius 3 is 2.40 bits per heavy atom. The number of aryl methyl sites for hydroxylation is 1. The van der Waals surface area contributed by atoms with E-state index in [2.05, 4.69) is 36.6 Å². The van der Waals surface area contributed by atoms with Crippen LogP contribution in [0.15, 0.2) is 50.2 Å². The Morgan fingerprint density at radius 1 is 1.10 bits per heavy atom. The molecule has 0 saturated carbocycles. The lowest BCUT2D eigenvalue weighted by Gasteiger charge is -2.12. The molecule has 0 heterocycles. The van der Waals surface area contributed by atoms with Gasteiger partial charge < -0.3 is 0 Å². The van der Waals surface area contributed by atoms with Crippen molar-refractivity contribution in [3.05, 3.63) is 56.7 Å². The fraction of sp³-hybridized carbons (Fsp3) is 0.0769. The van der Waals surface area contributed by atoms with E-state index in [-0.39, 0.29) is 4.90 Å². The summed E-state index contributed by atoms with van der Waals surface area (Å²) in [7, 11) is -3.74. The standard InChI is InChI=1S/C13H10Br2FNO2S/c1-8-6-10(16)3-4-12(8)17-20(18,19)13-5-2-9(14)7-11(13)15/h2-7,17H,1H3. The maximum absolute atomic E-state index is 13.0. The van der Waals surface area contributed by atoms with Gasteiger partial charge in [-0.25, -0.2) is 12.8 Å². The van der Waals surface area contributed by atoms with E-state index in [1.165, 1.54) is 24.3 Å². The van der Waals surface area contributed by atoms with Gasteiger partial charge in [0.1, 0.15) is 10.7 Å². The highest BCUT2D eigenvalue weighted by Crippen LogP contribution is 2.28. The lowest BCUT2D eigenvalue weighted by atomic mass is 10.2. The molecular formula is C13H10Br2FNO2S. The Balaban J connectivity index is 2.41. The Hall–Kier alpha value is -0.920. The molecule has 0 fully saturated rings. The summed E-state index contributed by atoms with van der Waals surface area (Å²) in [5.41, 5.74) is 0.864. The van der Waals surface area contributed by atoms with Gasteiger partial charge in [0, 0.05) is 8.95 Å². The summed E-state index contributed by atoms with van der Waals surface area (Å²) in [5.74, 6) is -0.407. The fourth-order valence-electron chi connectivity index (χ4n) is 1.63. The topological polar surface area (TPSA) is 46.2 Å². The summed E-state index contributed by atoms with van der Waals surface area (Å²) in [6, 6.07) is 8.64. The Kier molecular flexibility index (Phi) is 4.51. The van der Waals surface area contributed by atoms with E-state index in [1.54, 1.807) is 19.1 Å². The summed E-state index contributed by atoms with van der Waals surface area (Å²) in [5, 5.41) is 0. The largest absolute Gasteiger partial charge is 0.279 e. The summed E-state index contributed by atoms with van der Waals surface area (Å²) in [6.07, 6.45) is 0. The number of nitrogens with one attached hydrogen (secondary N) is 1. The second kappa shape index (κ2) is 5.83. The molecule has 0 spiro atoms. The quantitative estimate of drug-likeness (QED) is 0.793. The van der Waals surface area contributed by atoms with Crippen molar-refractivity contribution in [2.45, 2.75) is 11.8 Å². The highest BCUT2D eigenvalue weighted by atomic mass is 79.9. The van der Waals surface area contributed by atoms with E-state index in [4.69, 9.17) is 0 Å². The van der Waals surface area contributed by atoms with Gasteiger partial charge in [-0.15, -0.1) is 0 Å². The molecule has 7 heteroatoms. The maximum Gasteiger partial charge on any atom is 0.263 e. The third-order valence-corrected chi connectivity index (χ3v) is 5.45. The van der Waals surface area contributed by atoms with Crippen molar-refractivity contribution >= 4 is 47.6 Å². The molecule has 0 saturated heterocycles. The molecule has 0 radical (unpaired) electrons. The number of hydrogen-bond donors (Lipinski definition) is 1. The van der Waals surface area contributed by atoms with Crippen LogP contribution in [0.1, 0.15) is 5.56 Å². The van der Waals surface area contributed by atoms with E-state index < -0.39 is 15.8 Å². The van der Waals surface area contributed by atoms with Crippen LogP contribution in [0, 0.1) is 12.7 Å². The third-order valence-electron chi connectivity index (χ3n) is 2.62. The highest BCUT2D eigenvalue weighted by molar-refractivity contribution is 9.11. The molecule has 2 rings (SSSR count). The SMILES string of the molecule is Cc1cc(F)ccc1NS(=O)(=O)c1ccc(Br)cc1Br. The molecule has 0 bridgehead atoms. The molecule has 3 nitrogen and oxygen atoms in total. The number of hydrogen-bond acceptors (Lipinski definition) is 2. The number of anilines is 1. The predicted octanol–water partition coefficient (Wildman–Crippen LogP) is 4.46. The second-order valence-corrected chi connectivity index (χ2v) is 7.56. The van der Waals surface area contributed by atoms with Crippen LogP contribution in [0.4, 0.5) is 10.1 Å². The first-order valence-electron chi connectivity index (χ1n) is 5.53. The van der Waals surface area contributed by atoms with Gasteiger partial charge in [0.05, 0.1) is 5.69 Å². The molecule has 2 aromatic rings. The van der Waals surface area contributed by atoms with E-state index in [0.717, 1.165) is 4.47 Å². The molecule has 0 aliphatic rings. The summed E-state index contributed by atoms with van der Waals surface area (Å²) >= 11 is 6.48. The monoisotopic (exact) mass is 421 g/mol. The van der Waals surface area contributed by atoms with Gasteiger partial charge in [-0.05, 0) is 64.8 Å². The van der Waals surface area contributed by atoms with E-state index in [0.29, 0.717) is 15.7 Å². The van der Waals surface area contributed by atoms with Gasteiger partial charge in [-0.1, -0.05) is 15.9 Å². The molecule has 0 amide bonds. The normalized spacial score (nSPS) is 11.4. The summed E-state index contributed by atoms with van der Waals surface area (Å²) < 4.78 is 41.3. The lowest BCUT2D eigenvalue weighted by molar-refractivity contribution is 0.600. The van der Waals surface area contributed by atoms with Crippen molar-refractivity contribution in [3.8, 4) is 0 Å². The van der Waals surface area contributed by atoms with Crippen LogP contribution < -0.4 is 4.72 Å². The number of sulfonamides is 1. The van der Waals surface area contributed by atoms with Gasteiger partial charge in [0.2, 0.25) is 0 Å². The highest BCUT2D eigenvalue weighted by Gasteiger charge is 2.18. The summed E-state index contributed by atoms with van der Waals surface area (Å²) in [6.45, 7) is 1.64. The molecule has 106 valence electrons. The predicted molar refractivity (Wildman–Crippen MR) is 83.8 cm³/mol. The molecule has 20 heavy (non-hydrogen) atoms. The number of benzene rings is 2. The second-order valence-electron chi connectivity index (χ2n) is 4.14. The zero-order valence-electron chi connectivity index (χ0n) is 10.3. The maximum atomic E-state index is 13.0. The Labute approximate surface area is 133 Å². The van der Waals surface area contributed by atoms with Crippen LogP contribution in [-0.2, 0) is 10.0 Å². The Morgan fingerprint density at radius 2 is 1.80 bits per heavy atom. The van der Waals surface area contributed by atoms with Crippen molar-refractivity contribution in [2.24, 2.45) is 0 Å². The van der Waals surface area contributed by atoms with Crippen molar-refractivity contribution < 1.29 is 12.8 Å². The molecule has 0 aliphatic carbocycles. The molecule has 0 unspecified atom stereocenters. The molecule has 0 aromatic heterocycles. The van der Waals surface area contributed by atoms with Crippen molar-refractivity contribution in [1.82, 2.24) is 0 Å². The number of halogens is 3. The third kappa shape index (κ3) is 3.39. The van der Waals surface area contributed by atoms with E-state index in [9.17, 15) is 12.8 Å². The smallest absolute Gasteiger partial charge is 0.263 e. The van der Waals surface area contributed by atoms with Crippen LogP contribution in [-0.4, -0.2) is 8.42 Å². The number of rotatable bonds is 3. The van der Waals surface area contributed by atoms with Crippen LogP contribution in [0.25, 0.3) is 0 Å². The average molecular weight is 423 g/mol. The van der Waals surface area contributed by atoms with Crippen LogP contribution in [0.2, 0.25) is 0 Å². The molecule has 0 aliphatic heterocycles.